The summed E-state index contributed by atoms with van der Waals surface area (Å²) >= 11 is 0. The quantitative estimate of drug-likeness (QED) is 0.509. The van der Waals surface area contributed by atoms with Gasteiger partial charge >= 0.3 is 0 Å². The van der Waals surface area contributed by atoms with Crippen LogP contribution in [-0.4, -0.2) is 82.9 Å². The van der Waals surface area contributed by atoms with E-state index in [-0.39, 0.29) is 23.2 Å². The van der Waals surface area contributed by atoms with Crippen LogP contribution in [0.2, 0.25) is 0 Å². The second-order valence-corrected chi connectivity index (χ2v) is 11.1. The van der Waals surface area contributed by atoms with Crippen LogP contribution < -0.4 is 15.4 Å². The number of piperidine rings is 1. The summed E-state index contributed by atoms with van der Waals surface area (Å²) in [5, 5.41) is 1.49. The van der Waals surface area contributed by atoms with Gasteiger partial charge in [-0.3, -0.25) is 9.79 Å². The molecule has 0 aliphatic carbocycles. The monoisotopic (exact) mass is 536 g/mol. The van der Waals surface area contributed by atoms with Crippen LogP contribution in [0.25, 0.3) is 10.8 Å². The maximum absolute atomic E-state index is 13.7. The van der Waals surface area contributed by atoms with E-state index in [4.69, 9.17) is 5.73 Å². The van der Waals surface area contributed by atoms with Gasteiger partial charge in [-0.15, -0.1) is 12.4 Å². The van der Waals surface area contributed by atoms with Gasteiger partial charge in [-0.1, -0.05) is 24.3 Å². The highest BCUT2D eigenvalue weighted by molar-refractivity contribution is 7.89. The van der Waals surface area contributed by atoms with Gasteiger partial charge in [-0.2, -0.15) is 4.72 Å². The molecule has 36 heavy (non-hydrogen) atoms. The number of sulfonamides is 1. The smallest absolute Gasteiger partial charge is 0.241 e. The number of carbonyl (C=O) groups is 1. The third-order valence-corrected chi connectivity index (χ3v) is 8.31. The first-order valence-corrected chi connectivity index (χ1v) is 13.8. The number of amides is 1. The average molecular weight is 537 g/mol. The molecular formula is C25H37ClN6O3S. The van der Waals surface area contributed by atoms with Gasteiger partial charge in [0.2, 0.25) is 15.9 Å². The Morgan fingerprint density at radius 3 is 2.44 bits per heavy atom. The van der Waals surface area contributed by atoms with Crippen molar-refractivity contribution in [2.24, 2.45) is 10.7 Å². The Morgan fingerprint density at radius 2 is 1.78 bits per heavy atom. The zero-order chi connectivity index (χ0) is 25.0. The van der Waals surface area contributed by atoms with E-state index in [1.165, 1.54) is 0 Å². The molecule has 0 radical (unpaired) electrons. The molecule has 1 amide bonds. The number of carbonyl (C=O) groups excluding carboxylic acids is 1. The summed E-state index contributed by atoms with van der Waals surface area (Å²) in [6, 6.07) is 10.1. The Kier molecular flexibility index (Phi) is 9.43. The lowest BCUT2D eigenvalue weighted by Crippen LogP contribution is -2.50. The number of hydrogen-bond acceptors (Lipinski definition) is 7. The summed E-state index contributed by atoms with van der Waals surface area (Å²) in [7, 11) is -0.0907. The Morgan fingerprint density at radius 1 is 1.08 bits per heavy atom. The minimum atomic E-state index is -3.95. The van der Waals surface area contributed by atoms with Crippen molar-refractivity contribution >= 4 is 50.8 Å². The zero-order valence-electron chi connectivity index (χ0n) is 21.0. The second-order valence-electron chi connectivity index (χ2n) is 9.45. The van der Waals surface area contributed by atoms with Crippen molar-refractivity contribution in [3.63, 3.8) is 0 Å². The van der Waals surface area contributed by atoms with E-state index < -0.39 is 16.1 Å². The number of hydrogen-bond donors (Lipinski definition) is 2. The van der Waals surface area contributed by atoms with E-state index in [9.17, 15) is 13.2 Å². The minimum absolute atomic E-state index is 0. The van der Waals surface area contributed by atoms with Crippen LogP contribution in [0.4, 0.5) is 5.69 Å². The molecule has 1 saturated heterocycles. The normalized spacial score (nSPS) is 17.0. The maximum atomic E-state index is 13.7. The Balaban J connectivity index is 0.00000361. The first-order valence-electron chi connectivity index (χ1n) is 12.3. The van der Waals surface area contributed by atoms with Crippen molar-refractivity contribution in [1.82, 2.24) is 14.5 Å². The highest BCUT2D eigenvalue weighted by atomic mass is 35.5. The van der Waals surface area contributed by atoms with Gasteiger partial charge in [0.15, 0.2) is 5.96 Å². The molecule has 1 unspecified atom stereocenters. The fourth-order valence-corrected chi connectivity index (χ4v) is 6.36. The fourth-order valence-electron chi connectivity index (χ4n) is 4.92. The average Bonchev–Trinajstić information content (AvgIpc) is 3.27. The van der Waals surface area contributed by atoms with E-state index in [1.54, 1.807) is 17.0 Å². The van der Waals surface area contributed by atoms with Gasteiger partial charge in [-0.25, -0.2) is 8.42 Å². The molecule has 198 valence electrons. The zero-order valence-corrected chi connectivity index (χ0v) is 22.7. The number of halogens is 1. The van der Waals surface area contributed by atoms with Crippen molar-refractivity contribution in [3.05, 3.63) is 36.4 Å². The number of nitrogens with two attached hydrogens (primary N) is 1. The lowest BCUT2D eigenvalue weighted by atomic mass is 10.1. The van der Waals surface area contributed by atoms with Crippen LogP contribution in [0.5, 0.6) is 0 Å². The predicted octanol–water partition coefficient (Wildman–Crippen LogP) is 2.40. The summed E-state index contributed by atoms with van der Waals surface area (Å²) in [6.45, 7) is 3.41. The summed E-state index contributed by atoms with van der Waals surface area (Å²) in [5.41, 5.74) is 6.86. The molecule has 11 heteroatoms. The summed E-state index contributed by atoms with van der Waals surface area (Å²) in [4.78, 5) is 23.6. The molecule has 0 aromatic heterocycles. The standard InChI is InChI=1S/C25H36N6O3S.ClH/c1-29(2)22-12-6-10-20-19(22)9-7-13-23(20)35(33,34)28-21(24(32)30-15-4-3-5-16-30)11-8-17-31-18-14-27-25(31)26;/h6-7,9-10,12-13,21,28H,3-5,8,11,14-18H2,1-2H3,(H2,26,27);1H. The molecule has 2 aromatic carbocycles. The summed E-state index contributed by atoms with van der Waals surface area (Å²) in [6.07, 6.45) is 4.01. The maximum Gasteiger partial charge on any atom is 0.241 e. The van der Waals surface area contributed by atoms with Crippen LogP contribution in [-0.2, 0) is 14.8 Å². The van der Waals surface area contributed by atoms with Crippen LogP contribution in [0.3, 0.4) is 0 Å². The lowest BCUT2D eigenvalue weighted by Gasteiger charge is -2.31. The highest BCUT2D eigenvalue weighted by Gasteiger charge is 2.31. The molecule has 2 heterocycles. The number of fused-ring (bicyclic) bond motifs is 1. The summed E-state index contributed by atoms with van der Waals surface area (Å²) in [5.74, 6) is 0.363. The minimum Gasteiger partial charge on any atom is -0.377 e. The van der Waals surface area contributed by atoms with E-state index in [0.717, 1.165) is 36.9 Å². The fraction of sp³-hybridized carbons (Fsp3) is 0.520. The van der Waals surface area contributed by atoms with E-state index in [1.807, 2.05) is 48.2 Å². The first kappa shape index (κ1) is 28.0. The Bertz CT molecular complexity index is 1200. The van der Waals surface area contributed by atoms with E-state index in [2.05, 4.69) is 9.71 Å². The van der Waals surface area contributed by atoms with Gasteiger partial charge < -0.3 is 20.4 Å². The third-order valence-electron chi connectivity index (χ3n) is 6.78. The molecule has 2 aliphatic heterocycles. The van der Waals surface area contributed by atoms with Crippen LogP contribution >= 0.6 is 12.4 Å². The molecule has 0 bridgehead atoms. The number of benzene rings is 2. The van der Waals surface area contributed by atoms with Crippen molar-refractivity contribution in [3.8, 4) is 0 Å². The second kappa shape index (κ2) is 12.1. The number of nitrogens with zero attached hydrogens (tertiary/aromatic N) is 4. The van der Waals surface area contributed by atoms with Gasteiger partial charge in [0.1, 0.15) is 6.04 Å². The van der Waals surface area contributed by atoms with Gasteiger partial charge in [0.05, 0.1) is 11.4 Å². The Hall–Kier alpha value is -2.56. The number of likely N-dealkylation sites (tertiary alicyclic amines) is 1. The molecule has 2 aromatic rings. The molecule has 2 aliphatic rings. The van der Waals surface area contributed by atoms with Crippen molar-refractivity contribution in [1.29, 1.82) is 0 Å². The largest absolute Gasteiger partial charge is 0.377 e. The molecule has 4 rings (SSSR count). The number of guanidine groups is 1. The topological polar surface area (TPSA) is 111 Å². The highest BCUT2D eigenvalue weighted by Crippen LogP contribution is 2.30. The molecule has 0 spiro atoms. The predicted molar refractivity (Wildman–Crippen MR) is 147 cm³/mol. The number of nitrogens with one attached hydrogen (secondary N) is 1. The van der Waals surface area contributed by atoms with E-state index >= 15 is 0 Å². The third kappa shape index (κ3) is 6.22. The lowest BCUT2D eigenvalue weighted by molar-refractivity contribution is -0.134. The number of aliphatic imine (C=N–C) groups is 1. The van der Waals surface area contributed by atoms with Crippen LogP contribution in [0.15, 0.2) is 46.3 Å². The van der Waals surface area contributed by atoms with Crippen molar-refractivity contribution in [2.45, 2.75) is 43.0 Å². The van der Waals surface area contributed by atoms with Gasteiger partial charge in [0, 0.05) is 56.7 Å². The number of anilines is 1. The SMILES string of the molecule is CN(C)c1cccc2c(S(=O)(=O)NC(CCCN3CCN=C3N)C(=O)N3CCCCC3)cccc12.Cl. The van der Waals surface area contributed by atoms with E-state index in [0.29, 0.717) is 50.4 Å². The molecule has 9 nitrogen and oxygen atoms in total. The molecule has 3 N–H and O–H groups in total. The number of rotatable bonds is 9. The van der Waals surface area contributed by atoms with Crippen molar-refractivity contribution < 1.29 is 13.2 Å². The molecule has 0 saturated carbocycles. The summed E-state index contributed by atoms with van der Waals surface area (Å²) < 4.78 is 30.1. The molecule has 1 atom stereocenters. The molecule has 1 fully saturated rings. The molecular weight excluding hydrogens is 500 g/mol. The van der Waals surface area contributed by atoms with Crippen molar-refractivity contribution in [2.75, 3.05) is 51.7 Å². The first-order chi connectivity index (χ1) is 16.8. The Labute approximate surface area is 220 Å². The van der Waals surface area contributed by atoms with Gasteiger partial charge in [0.25, 0.3) is 0 Å². The van der Waals surface area contributed by atoms with Gasteiger partial charge in [-0.05, 0) is 44.2 Å². The van der Waals surface area contributed by atoms with Crippen LogP contribution in [0.1, 0.15) is 32.1 Å². The van der Waals surface area contributed by atoms with Crippen LogP contribution in [0, 0.1) is 0 Å².